The van der Waals surface area contributed by atoms with Crippen molar-refractivity contribution in [3.8, 4) is 0 Å². The highest BCUT2D eigenvalue weighted by Gasteiger charge is 2.05. The van der Waals surface area contributed by atoms with Gasteiger partial charge in [0.25, 0.3) is 0 Å². The van der Waals surface area contributed by atoms with Gasteiger partial charge in [0.2, 0.25) is 5.95 Å². The molecular weight excluding hydrogens is 284 g/mol. The third-order valence-corrected chi connectivity index (χ3v) is 3.05. The van der Waals surface area contributed by atoms with E-state index in [-0.39, 0.29) is 18.2 Å². The van der Waals surface area contributed by atoms with Crippen molar-refractivity contribution in [3.05, 3.63) is 10.7 Å². The van der Waals surface area contributed by atoms with E-state index in [0.29, 0.717) is 10.3 Å². The fourth-order valence-electron chi connectivity index (χ4n) is 0.860. The summed E-state index contributed by atoms with van der Waals surface area (Å²) in [6, 6.07) is 0. The number of nitrogen functional groups attached to an aromatic ring is 1. The molecule has 0 aromatic carbocycles. The van der Waals surface area contributed by atoms with Gasteiger partial charge < -0.3 is 11.1 Å². The normalized spacial score (nSPS) is 11.3. The van der Waals surface area contributed by atoms with E-state index >= 15 is 0 Å². The average Bonchev–Trinajstić information content (AvgIpc) is 2.09. The summed E-state index contributed by atoms with van der Waals surface area (Å²) in [5.74, 6) is 0.676. The number of sulfone groups is 1. The fourth-order valence-corrected chi connectivity index (χ4v) is 1.66. The van der Waals surface area contributed by atoms with Crippen molar-refractivity contribution in [2.75, 3.05) is 29.6 Å². The molecule has 0 aliphatic rings. The van der Waals surface area contributed by atoms with Crippen LogP contribution in [0.3, 0.4) is 0 Å². The van der Waals surface area contributed by atoms with Crippen LogP contribution in [0.4, 0.5) is 11.8 Å². The molecule has 8 heteroatoms. The molecule has 0 saturated carbocycles. The molecule has 84 valence electrons. The van der Waals surface area contributed by atoms with Crippen molar-refractivity contribution in [2.24, 2.45) is 0 Å². The van der Waals surface area contributed by atoms with Crippen LogP contribution in [0.1, 0.15) is 0 Å². The van der Waals surface area contributed by atoms with Gasteiger partial charge in [0.1, 0.15) is 15.7 Å². The first-order valence-corrected chi connectivity index (χ1v) is 6.93. The van der Waals surface area contributed by atoms with E-state index in [1.165, 1.54) is 12.5 Å². The minimum Gasteiger partial charge on any atom is -0.368 e. The molecule has 1 heterocycles. The summed E-state index contributed by atoms with van der Waals surface area (Å²) >= 11 is 3.22. The largest absolute Gasteiger partial charge is 0.368 e. The number of rotatable bonds is 4. The maximum atomic E-state index is 10.9. The van der Waals surface area contributed by atoms with Gasteiger partial charge in [-0.05, 0) is 15.9 Å². The summed E-state index contributed by atoms with van der Waals surface area (Å²) in [6.07, 6.45) is 2.68. The molecule has 0 spiro atoms. The Bertz CT molecular complexity index is 448. The van der Waals surface area contributed by atoms with E-state index in [0.717, 1.165) is 0 Å². The van der Waals surface area contributed by atoms with Crippen LogP contribution in [0.5, 0.6) is 0 Å². The van der Waals surface area contributed by atoms with Crippen LogP contribution < -0.4 is 11.1 Å². The molecule has 0 fully saturated rings. The molecule has 0 atom stereocenters. The average molecular weight is 295 g/mol. The van der Waals surface area contributed by atoms with E-state index in [1.54, 1.807) is 0 Å². The number of hydrogen-bond acceptors (Lipinski definition) is 6. The van der Waals surface area contributed by atoms with Gasteiger partial charge in [-0.2, -0.15) is 4.98 Å². The quantitative estimate of drug-likeness (QED) is 0.828. The zero-order chi connectivity index (χ0) is 11.5. The molecule has 0 saturated heterocycles. The Kier molecular flexibility index (Phi) is 3.86. The number of hydrogen-bond donors (Lipinski definition) is 2. The molecule has 0 aliphatic carbocycles. The Balaban J connectivity index is 2.61. The van der Waals surface area contributed by atoms with Gasteiger partial charge in [-0.1, -0.05) is 0 Å². The Hall–Kier alpha value is -0.890. The van der Waals surface area contributed by atoms with Gasteiger partial charge in [-0.3, -0.25) is 0 Å². The molecule has 0 bridgehead atoms. The molecule has 6 nitrogen and oxygen atoms in total. The van der Waals surface area contributed by atoms with Gasteiger partial charge in [0.15, 0.2) is 0 Å². The molecule has 1 aromatic rings. The maximum absolute atomic E-state index is 10.9. The first kappa shape index (κ1) is 12.2. The lowest BCUT2D eigenvalue weighted by Crippen LogP contribution is -2.15. The minimum absolute atomic E-state index is 0.0450. The van der Waals surface area contributed by atoms with Crippen molar-refractivity contribution in [1.29, 1.82) is 0 Å². The van der Waals surface area contributed by atoms with E-state index in [2.05, 4.69) is 31.2 Å². The molecular formula is C7H11BrN4O2S. The van der Waals surface area contributed by atoms with Crippen molar-refractivity contribution in [2.45, 2.75) is 0 Å². The molecule has 3 N–H and O–H groups in total. The van der Waals surface area contributed by atoms with Gasteiger partial charge in [-0.15, -0.1) is 0 Å². The number of nitrogens with zero attached hydrogens (tertiary/aromatic N) is 2. The zero-order valence-electron chi connectivity index (χ0n) is 8.07. The van der Waals surface area contributed by atoms with Crippen LogP contribution in [0.2, 0.25) is 0 Å². The summed E-state index contributed by atoms with van der Waals surface area (Å²) in [5, 5.41) is 2.85. The number of nitrogens with two attached hydrogens (primary N) is 1. The predicted octanol–water partition coefficient (Wildman–Crippen LogP) is 0.278. The van der Waals surface area contributed by atoms with Crippen LogP contribution in [-0.2, 0) is 9.84 Å². The molecule has 1 aromatic heterocycles. The van der Waals surface area contributed by atoms with E-state index < -0.39 is 9.84 Å². The number of anilines is 2. The predicted molar refractivity (Wildman–Crippen MR) is 62.3 cm³/mol. The Morgan fingerprint density at radius 3 is 2.87 bits per heavy atom. The smallest absolute Gasteiger partial charge is 0.221 e. The SMILES string of the molecule is CS(=O)(=O)CCNc1nc(N)ncc1Br. The highest BCUT2D eigenvalue weighted by molar-refractivity contribution is 9.10. The van der Waals surface area contributed by atoms with Crippen LogP contribution >= 0.6 is 15.9 Å². The molecule has 0 amide bonds. The standard InChI is InChI=1S/C7H11BrN4O2S/c1-15(13,14)3-2-10-6-5(8)4-11-7(9)12-6/h4H,2-3H2,1H3,(H3,9,10,11,12). The van der Waals surface area contributed by atoms with Crippen LogP contribution in [0.25, 0.3) is 0 Å². The van der Waals surface area contributed by atoms with Gasteiger partial charge in [-0.25, -0.2) is 13.4 Å². The second-order valence-electron chi connectivity index (χ2n) is 2.98. The monoisotopic (exact) mass is 294 g/mol. The second kappa shape index (κ2) is 4.75. The number of halogens is 1. The summed E-state index contributed by atoms with van der Waals surface area (Å²) in [4.78, 5) is 7.66. The van der Waals surface area contributed by atoms with Gasteiger partial charge >= 0.3 is 0 Å². The van der Waals surface area contributed by atoms with Crippen LogP contribution in [0, 0.1) is 0 Å². The number of nitrogens with one attached hydrogen (secondary N) is 1. The van der Waals surface area contributed by atoms with Crippen LogP contribution in [-0.4, -0.2) is 36.9 Å². The van der Waals surface area contributed by atoms with Gasteiger partial charge in [0.05, 0.1) is 10.2 Å². The van der Waals surface area contributed by atoms with Crippen molar-refractivity contribution < 1.29 is 8.42 Å². The molecule has 0 aliphatic heterocycles. The first-order chi connectivity index (χ1) is 6.88. The lowest BCUT2D eigenvalue weighted by molar-refractivity contribution is 0.602. The molecule has 15 heavy (non-hydrogen) atoms. The fraction of sp³-hybridized carbons (Fsp3) is 0.429. The highest BCUT2D eigenvalue weighted by Crippen LogP contribution is 2.18. The zero-order valence-corrected chi connectivity index (χ0v) is 10.5. The lowest BCUT2D eigenvalue weighted by Gasteiger charge is -2.06. The van der Waals surface area contributed by atoms with E-state index in [1.807, 2.05) is 0 Å². The first-order valence-electron chi connectivity index (χ1n) is 4.08. The summed E-state index contributed by atoms with van der Waals surface area (Å²) in [7, 11) is -2.97. The van der Waals surface area contributed by atoms with Gasteiger partial charge in [0, 0.05) is 19.0 Å². The third kappa shape index (κ3) is 4.43. The molecule has 0 radical (unpaired) electrons. The van der Waals surface area contributed by atoms with Crippen molar-refractivity contribution in [1.82, 2.24) is 9.97 Å². The number of aromatic nitrogens is 2. The van der Waals surface area contributed by atoms with E-state index in [4.69, 9.17) is 5.73 Å². The maximum Gasteiger partial charge on any atom is 0.221 e. The Labute approximate surface area is 96.3 Å². The topological polar surface area (TPSA) is 98.0 Å². The Morgan fingerprint density at radius 1 is 1.60 bits per heavy atom. The summed E-state index contributed by atoms with van der Waals surface area (Å²) < 4.78 is 22.4. The second-order valence-corrected chi connectivity index (χ2v) is 6.10. The van der Waals surface area contributed by atoms with Crippen molar-refractivity contribution in [3.63, 3.8) is 0 Å². The van der Waals surface area contributed by atoms with E-state index in [9.17, 15) is 8.42 Å². The third-order valence-electron chi connectivity index (χ3n) is 1.53. The molecule has 1 rings (SSSR count). The summed E-state index contributed by atoms with van der Waals surface area (Å²) in [6.45, 7) is 0.286. The lowest BCUT2D eigenvalue weighted by atomic mass is 10.5. The Morgan fingerprint density at radius 2 is 2.27 bits per heavy atom. The summed E-state index contributed by atoms with van der Waals surface area (Å²) in [5.41, 5.74) is 5.38. The highest BCUT2D eigenvalue weighted by atomic mass is 79.9. The van der Waals surface area contributed by atoms with Crippen LogP contribution in [0.15, 0.2) is 10.7 Å². The minimum atomic E-state index is -2.97. The molecule has 0 unspecified atom stereocenters. The van der Waals surface area contributed by atoms with Crippen molar-refractivity contribution >= 4 is 37.5 Å².